The quantitative estimate of drug-likeness (QED) is 0.702. The number of halogens is 5. The number of nitrogens with two attached hydrogens (primary N) is 1. The smallest absolute Gasteiger partial charge is 0.416 e. The first kappa shape index (κ1) is 21.0. The van der Waals surface area contributed by atoms with Crippen molar-refractivity contribution >= 4 is 9.84 Å². The standard InChI is InChI=1S/C20H18F5NO3S/c21-15-5-6-16(22)18-17(15)19(8-7-13(26)9-12(19)10-29-18)30(27,28)14-3-1-11(2-4-14)20(23,24)25/h1-6,12-13H,7-10,26H2/t12-,13-,19+/m1/s1. The van der Waals surface area contributed by atoms with Crippen molar-refractivity contribution in [2.75, 3.05) is 6.61 Å². The fourth-order valence-electron chi connectivity index (χ4n) is 4.58. The van der Waals surface area contributed by atoms with Crippen molar-refractivity contribution in [3.63, 3.8) is 0 Å². The molecule has 10 heteroatoms. The van der Waals surface area contributed by atoms with Crippen LogP contribution in [0.2, 0.25) is 0 Å². The number of sulfone groups is 1. The van der Waals surface area contributed by atoms with Crippen molar-refractivity contribution in [2.24, 2.45) is 11.7 Å². The summed E-state index contributed by atoms with van der Waals surface area (Å²) in [6.45, 7) is -0.194. The number of alkyl halides is 3. The highest BCUT2D eigenvalue weighted by molar-refractivity contribution is 7.92. The van der Waals surface area contributed by atoms with Gasteiger partial charge in [0, 0.05) is 12.0 Å². The van der Waals surface area contributed by atoms with Crippen LogP contribution in [0, 0.1) is 17.6 Å². The zero-order valence-corrected chi connectivity index (χ0v) is 16.4. The summed E-state index contributed by atoms with van der Waals surface area (Å²) in [7, 11) is -4.43. The minimum Gasteiger partial charge on any atom is -0.490 e. The van der Waals surface area contributed by atoms with Gasteiger partial charge in [0.15, 0.2) is 21.4 Å². The van der Waals surface area contributed by atoms with E-state index in [1.807, 2.05) is 0 Å². The third-order valence-electron chi connectivity index (χ3n) is 6.02. The minimum absolute atomic E-state index is 0.0983. The largest absolute Gasteiger partial charge is 0.490 e. The summed E-state index contributed by atoms with van der Waals surface area (Å²) in [5, 5.41) is 0. The average molecular weight is 447 g/mol. The van der Waals surface area contributed by atoms with Crippen LogP contribution in [0.15, 0.2) is 41.3 Å². The summed E-state index contributed by atoms with van der Waals surface area (Å²) in [6.07, 6.45) is -4.32. The van der Waals surface area contributed by atoms with Gasteiger partial charge < -0.3 is 10.5 Å². The van der Waals surface area contributed by atoms with Gasteiger partial charge in [-0.25, -0.2) is 17.2 Å². The molecule has 1 heterocycles. The molecule has 0 spiro atoms. The molecule has 30 heavy (non-hydrogen) atoms. The SMILES string of the molecule is N[C@@H]1CC[C@@]2(S(=O)(=O)c3ccc(C(F)(F)F)cc3)c3c(F)ccc(F)c3OC[C@H]2C1. The van der Waals surface area contributed by atoms with Crippen molar-refractivity contribution in [2.45, 2.75) is 41.1 Å². The molecule has 1 aliphatic heterocycles. The summed E-state index contributed by atoms with van der Waals surface area (Å²) < 4.78 is 99.1. The van der Waals surface area contributed by atoms with E-state index in [9.17, 15) is 30.4 Å². The number of hydrogen-bond acceptors (Lipinski definition) is 4. The van der Waals surface area contributed by atoms with Gasteiger partial charge in [0.05, 0.1) is 22.6 Å². The van der Waals surface area contributed by atoms with Crippen LogP contribution < -0.4 is 10.5 Å². The zero-order chi connectivity index (χ0) is 21.9. The third-order valence-corrected chi connectivity index (χ3v) is 8.61. The molecule has 1 fully saturated rings. The van der Waals surface area contributed by atoms with Crippen LogP contribution in [0.3, 0.4) is 0 Å². The van der Waals surface area contributed by atoms with Crippen LogP contribution in [0.5, 0.6) is 5.75 Å². The van der Waals surface area contributed by atoms with Crippen molar-refractivity contribution in [3.8, 4) is 5.75 Å². The van der Waals surface area contributed by atoms with Gasteiger partial charge in [0.1, 0.15) is 10.6 Å². The second kappa shape index (κ2) is 6.91. The van der Waals surface area contributed by atoms with Crippen molar-refractivity contribution in [1.29, 1.82) is 0 Å². The number of ether oxygens (including phenoxy) is 1. The molecule has 1 saturated carbocycles. The topological polar surface area (TPSA) is 69.4 Å². The maximum atomic E-state index is 14.9. The molecule has 2 N–H and O–H groups in total. The van der Waals surface area contributed by atoms with E-state index in [2.05, 4.69) is 0 Å². The van der Waals surface area contributed by atoms with E-state index in [4.69, 9.17) is 10.5 Å². The Bertz CT molecular complexity index is 1080. The fourth-order valence-corrected chi connectivity index (χ4v) is 6.95. The molecular weight excluding hydrogens is 429 g/mol. The van der Waals surface area contributed by atoms with E-state index in [-0.39, 0.29) is 31.9 Å². The second-order valence-corrected chi connectivity index (χ2v) is 9.90. The predicted octanol–water partition coefficient (Wildman–Crippen LogP) is 4.17. The average Bonchev–Trinajstić information content (AvgIpc) is 2.69. The highest BCUT2D eigenvalue weighted by Gasteiger charge is 2.59. The Kier molecular flexibility index (Phi) is 4.85. The molecule has 0 bridgehead atoms. The molecule has 3 atom stereocenters. The Morgan fingerprint density at radius 1 is 1.03 bits per heavy atom. The van der Waals surface area contributed by atoms with E-state index in [0.29, 0.717) is 12.1 Å². The third kappa shape index (κ3) is 2.99. The maximum Gasteiger partial charge on any atom is 0.416 e. The number of fused-ring (bicyclic) bond motifs is 3. The van der Waals surface area contributed by atoms with Crippen LogP contribution in [0.25, 0.3) is 0 Å². The van der Waals surface area contributed by atoms with Gasteiger partial charge in [-0.1, -0.05) is 0 Å². The molecule has 0 saturated heterocycles. The Morgan fingerprint density at radius 3 is 2.30 bits per heavy atom. The molecule has 0 amide bonds. The van der Waals surface area contributed by atoms with Crippen LogP contribution in [0.1, 0.15) is 30.4 Å². The van der Waals surface area contributed by atoms with Gasteiger partial charge in [-0.3, -0.25) is 0 Å². The van der Waals surface area contributed by atoms with Crippen LogP contribution >= 0.6 is 0 Å². The van der Waals surface area contributed by atoms with E-state index in [0.717, 1.165) is 24.3 Å². The van der Waals surface area contributed by atoms with Gasteiger partial charge in [-0.15, -0.1) is 0 Å². The molecule has 4 nitrogen and oxygen atoms in total. The normalized spacial score (nSPS) is 26.5. The Hall–Kier alpha value is -2.20. The second-order valence-electron chi connectivity index (χ2n) is 7.69. The van der Waals surface area contributed by atoms with Crippen LogP contribution in [-0.2, 0) is 20.8 Å². The van der Waals surface area contributed by atoms with E-state index in [1.165, 1.54) is 0 Å². The first-order chi connectivity index (χ1) is 14.0. The molecule has 0 radical (unpaired) electrons. The lowest BCUT2D eigenvalue weighted by Gasteiger charge is -2.48. The molecule has 4 rings (SSSR count). The summed E-state index contributed by atoms with van der Waals surface area (Å²) in [4.78, 5) is -0.396. The molecule has 0 aromatic heterocycles. The zero-order valence-electron chi connectivity index (χ0n) is 15.5. The summed E-state index contributed by atoms with van der Waals surface area (Å²) in [5.41, 5.74) is 4.57. The Labute approximate surface area is 169 Å². The van der Waals surface area contributed by atoms with E-state index in [1.54, 1.807) is 0 Å². The first-order valence-corrected chi connectivity index (χ1v) is 10.8. The number of hydrogen-bond donors (Lipinski definition) is 1. The van der Waals surface area contributed by atoms with E-state index < -0.39 is 60.1 Å². The molecule has 1 aliphatic carbocycles. The van der Waals surface area contributed by atoms with Crippen LogP contribution in [-0.4, -0.2) is 21.1 Å². The highest BCUT2D eigenvalue weighted by Crippen LogP contribution is 2.56. The molecule has 162 valence electrons. The van der Waals surface area contributed by atoms with Gasteiger partial charge in [0.25, 0.3) is 0 Å². The lowest BCUT2D eigenvalue weighted by molar-refractivity contribution is -0.137. The van der Waals surface area contributed by atoms with Crippen LogP contribution in [0.4, 0.5) is 22.0 Å². The fraction of sp³-hybridized carbons (Fsp3) is 0.400. The molecule has 2 aromatic rings. The van der Waals surface area contributed by atoms with Gasteiger partial charge in [-0.05, 0) is 55.7 Å². The number of rotatable bonds is 2. The lowest BCUT2D eigenvalue weighted by Crippen LogP contribution is -2.54. The molecule has 2 aliphatic rings. The molecule has 0 unspecified atom stereocenters. The van der Waals surface area contributed by atoms with Crippen molar-refractivity contribution in [1.82, 2.24) is 0 Å². The van der Waals surface area contributed by atoms with Gasteiger partial charge >= 0.3 is 6.18 Å². The Balaban J connectivity index is 1.95. The minimum atomic E-state index is -4.64. The number of benzene rings is 2. The summed E-state index contributed by atoms with van der Waals surface area (Å²) in [5.74, 6) is -3.10. The lowest BCUT2D eigenvalue weighted by atomic mass is 9.71. The highest BCUT2D eigenvalue weighted by atomic mass is 32.2. The Morgan fingerprint density at radius 2 is 1.67 bits per heavy atom. The van der Waals surface area contributed by atoms with Crippen molar-refractivity contribution in [3.05, 3.63) is 59.2 Å². The molecule has 2 aromatic carbocycles. The maximum absolute atomic E-state index is 14.9. The van der Waals surface area contributed by atoms with Gasteiger partial charge in [0.2, 0.25) is 0 Å². The predicted molar refractivity (Wildman–Crippen MR) is 97.5 cm³/mol. The van der Waals surface area contributed by atoms with E-state index >= 15 is 0 Å². The summed E-state index contributed by atoms with van der Waals surface area (Å²) in [6, 6.07) is 4.35. The van der Waals surface area contributed by atoms with Gasteiger partial charge in [-0.2, -0.15) is 13.2 Å². The monoisotopic (exact) mass is 447 g/mol. The van der Waals surface area contributed by atoms with Crippen molar-refractivity contribution < 1.29 is 35.1 Å². The molecular formula is C20H18F5NO3S. The first-order valence-electron chi connectivity index (χ1n) is 9.27. The summed E-state index contributed by atoms with van der Waals surface area (Å²) >= 11 is 0.